The first-order valence-corrected chi connectivity index (χ1v) is 8.72. The summed E-state index contributed by atoms with van der Waals surface area (Å²) >= 11 is 0. The van der Waals surface area contributed by atoms with Gasteiger partial charge in [-0.25, -0.2) is 9.18 Å². The fraction of sp³-hybridized carbons (Fsp3) is 0.500. The number of aromatic nitrogens is 2. The topological polar surface area (TPSA) is 71.7 Å². The predicted octanol–water partition coefficient (Wildman–Crippen LogP) is 2.85. The molecule has 2 aromatic rings. The van der Waals surface area contributed by atoms with Crippen molar-refractivity contribution in [2.24, 2.45) is 0 Å². The van der Waals surface area contributed by atoms with Gasteiger partial charge in [0.15, 0.2) is 5.82 Å². The Morgan fingerprint density at radius 3 is 2.96 bits per heavy atom. The summed E-state index contributed by atoms with van der Waals surface area (Å²) in [6.07, 6.45) is -0.281. The highest BCUT2D eigenvalue weighted by Crippen LogP contribution is 2.23. The molecule has 8 heteroatoms. The van der Waals surface area contributed by atoms with Gasteiger partial charge in [0.1, 0.15) is 5.82 Å². The van der Waals surface area contributed by atoms with Gasteiger partial charge in [0.2, 0.25) is 0 Å². The number of rotatable bonds is 4. The molecule has 3 rings (SSSR count). The lowest BCUT2D eigenvalue weighted by atomic mass is 10.1. The third-order valence-corrected chi connectivity index (χ3v) is 4.40. The number of hydrogen-bond acceptors (Lipinski definition) is 6. The molecule has 1 aromatic heterocycles. The molecular weight excluding hydrogens is 339 g/mol. The van der Waals surface area contributed by atoms with Gasteiger partial charge >= 0.3 is 6.09 Å². The van der Waals surface area contributed by atoms with Crippen LogP contribution in [0.2, 0.25) is 0 Å². The minimum Gasteiger partial charge on any atom is -0.450 e. The highest BCUT2D eigenvalue weighted by molar-refractivity contribution is 5.68. The summed E-state index contributed by atoms with van der Waals surface area (Å²) in [5.41, 5.74) is 1.23. The first-order chi connectivity index (χ1) is 12.5. The molecule has 1 amide bonds. The molecule has 2 heterocycles. The van der Waals surface area contributed by atoms with Gasteiger partial charge in [-0.1, -0.05) is 16.8 Å². The van der Waals surface area contributed by atoms with Crippen molar-refractivity contribution in [2.45, 2.75) is 33.4 Å². The van der Waals surface area contributed by atoms with Crippen LogP contribution >= 0.6 is 0 Å². The van der Waals surface area contributed by atoms with Crippen LogP contribution < -0.4 is 0 Å². The second-order valence-electron chi connectivity index (χ2n) is 6.48. The molecule has 0 N–H and O–H groups in total. The normalized spacial score (nSPS) is 18.2. The van der Waals surface area contributed by atoms with Crippen LogP contribution in [0, 0.1) is 12.7 Å². The van der Waals surface area contributed by atoms with Gasteiger partial charge in [0.05, 0.1) is 18.7 Å². The number of benzene rings is 1. The molecule has 1 saturated heterocycles. The van der Waals surface area contributed by atoms with E-state index in [-0.39, 0.29) is 23.8 Å². The van der Waals surface area contributed by atoms with Crippen molar-refractivity contribution in [3.8, 4) is 11.5 Å². The number of carbonyl (C=O) groups is 1. The highest BCUT2D eigenvalue weighted by Gasteiger charge is 2.29. The van der Waals surface area contributed by atoms with Gasteiger partial charge in [0.25, 0.3) is 5.89 Å². The third kappa shape index (κ3) is 4.01. The Labute approximate surface area is 151 Å². The predicted molar refractivity (Wildman–Crippen MR) is 92.9 cm³/mol. The Morgan fingerprint density at radius 2 is 2.23 bits per heavy atom. The molecule has 1 aliphatic rings. The maximum absolute atomic E-state index is 14.0. The van der Waals surface area contributed by atoms with Gasteiger partial charge in [-0.2, -0.15) is 4.98 Å². The molecule has 7 nitrogen and oxygen atoms in total. The molecule has 1 aliphatic heterocycles. The quantitative estimate of drug-likeness (QED) is 0.833. The van der Waals surface area contributed by atoms with E-state index in [0.29, 0.717) is 44.2 Å². The van der Waals surface area contributed by atoms with Crippen LogP contribution in [0.25, 0.3) is 11.5 Å². The van der Waals surface area contributed by atoms with Crippen LogP contribution in [0.5, 0.6) is 0 Å². The Hall–Kier alpha value is -2.48. The number of hydrogen-bond donors (Lipinski definition) is 0. The van der Waals surface area contributed by atoms with Crippen LogP contribution in [0.3, 0.4) is 0 Å². The van der Waals surface area contributed by atoms with Gasteiger partial charge in [-0.3, -0.25) is 4.90 Å². The van der Waals surface area contributed by atoms with E-state index >= 15 is 0 Å². The summed E-state index contributed by atoms with van der Waals surface area (Å²) in [5, 5.41) is 3.97. The molecule has 1 atom stereocenters. The second-order valence-corrected chi connectivity index (χ2v) is 6.48. The largest absolute Gasteiger partial charge is 0.450 e. The monoisotopic (exact) mass is 362 g/mol. The number of ether oxygens (including phenoxy) is 1. The average molecular weight is 362 g/mol. The molecule has 0 bridgehead atoms. The first-order valence-electron chi connectivity index (χ1n) is 8.72. The lowest BCUT2D eigenvalue weighted by Crippen LogP contribution is -2.53. The Morgan fingerprint density at radius 1 is 1.42 bits per heavy atom. The SMILES string of the molecule is CCOC(=O)N1CCN(Cc2noc(-c3cc(C)ccc3F)n2)CC1C. The fourth-order valence-corrected chi connectivity index (χ4v) is 3.08. The fourth-order valence-electron chi connectivity index (χ4n) is 3.08. The van der Waals surface area contributed by atoms with E-state index in [1.54, 1.807) is 24.0 Å². The van der Waals surface area contributed by atoms with E-state index in [9.17, 15) is 9.18 Å². The third-order valence-electron chi connectivity index (χ3n) is 4.40. The van der Waals surface area contributed by atoms with E-state index < -0.39 is 0 Å². The van der Waals surface area contributed by atoms with Crippen LogP contribution in [0.1, 0.15) is 25.2 Å². The van der Waals surface area contributed by atoms with Gasteiger partial charge in [0, 0.05) is 25.7 Å². The van der Waals surface area contributed by atoms with E-state index in [0.717, 1.165) is 5.56 Å². The number of carbonyl (C=O) groups excluding carboxylic acids is 1. The van der Waals surface area contributed by atoms with Crippen molar-refractivity contribution in [1.29, 1.82) is 0 Å². The van der Waals surface area contributed by atoms with E-state index in [1.165, 1.54) is 6.07 Å². The highest BCUT2D eigenvalue weighted by atomic mass is 19.1. The van der Waals surface area contributed by atoms with E-state index in [1.807, 2.05) is 13.8 Å². The molecule has 140 valence electrons. The first kappa shape index (κ1) is 18.3. The molecule has 1 unspecified atom stereocenters. The molecule has 1 aromatic carbocycles. The Kier molecular flexibility index (Phi) is 5.51. The van der Waals surface area contributed by atoms with Gasteiger partial charge in [-0.15, -0.1) is 0 Å². The zero-order valence-corrected chi connectivity index (χ0v) is 15.2. The number of halogens is 1. The zero-order chi connectivity index (χ0) is 18.7. The number of amides is 1. The van der Waals surface area contributed by atoms with Gasteiger partial charge < -0.3 is 14.2 Å². The van der Waals surface area contributed by atoms with Crippen LogP contribution in [0.4, 0.5) is 9.18 Å². The average Bonchev–Trinajstić information content (AvgIpc) is 3.05. The molecule has 26 heavy (non-hydrogen) atoms. The molecule has 0 saturated carbocycles. The summed E-state index contributed by atoms with van der Waals surface area (Å²) in [5.74, 6) is 0.291. The van der Waals surface area contributed by atoms with Crippen molar-refractivity contribution in [3.05, 3.63) is 35.4 Å². The summed E-state index contributed by atoms with van der Waals surface area (Å²) < 4.78 is 24.3. The Bertz CT molecular complexity index is 780. The van der Waals surface area contributed by atoms with Crippen molar-refractivity contribution in [1.82, 2.24) is 19.9 Å². The Balaban J connectivity index is 1.63. The maximum Gasteiger partial charge on any atom is 0.410 e. The van der Waals surface area contributed by atoms with Gasteiger partial charge in [-0.05, 0) is 32.9 Å². The summed E-state index contributed by atoms with van der Waals surface area (Å²) in [4.78, 5) is 20.1. The van der Waals surface area contributed by atoms with Crippen LogP contribution in [-0.2, 0) is 11.3 Å². The summed E-state index contributed by atoms with van der Waals surface area (Å²) in [6.45, 7) is 8.45. The molecule has 0 radical (unpaired) electrons. The van der Waals surface area contributed by atoms with E-state index in [4.69, 9.17) is 9.26 Å². The lowest BCUT2D eigenvalue weighted by Gasteiger charge is -2.38. The van der Waals surface area contributed by atoms with Crippen molar-refractivity contribution < 1.29 is 18.4 Å². The molecule has 1 fully saturated rings. The van der Waals surface area contributed by atoms with Crippen LogP contribution in [-0.4, -0.2) is 58.3 Å². The van der Waals surface area contributed by atoms with E-state index in [2.05, 4.69) is 15.0 Å². The summed E-state index contributed by atoms with van der Waals surface area (Å²) in [6, 6.07) is 4.81. The number of piperazine rings is 1. The minimum absolute atomic E-state index is 0.0309. The second kappa shape index (κ2) is 7.82. The lowest BCUT2D eigenvalue weighted by molar-refractivity contribution is 0.0510. The zero-order valence-electron chi connectivity index (χ0n) is 15.2. The number of aryl methyl sites for hydroxylation is 1. The molecular formula is C18H23FN4O3. The standard InChI is InChI=1S/C18H23FN4O3/c1-4-25-18(24)23-8-7-22(10-13(23)3)11-16-20-17(26-21-16)14-9-12(2)5-6-15(14)19/h5-6,9,13H,4,7-8,10-11H2,1-3H3. The van der Waals surface area contributed by atoms with Crippen molar-refractivity contribution in [3.63, 3.8) is 0 Å². The summed E-state index contributed by atoms with van der Waals surface area (Å²) in [7, 11) is 0. The maximum atomic E-state index is 14.0. The van der Waals surface area contributed by atoms with Crippen molar-refractivity contribution >= 4 is 6.09 Å². The minimum atomic E-state index is -0.387. The van der Waals surface area contributed by atoms with Crippen LogP contribution in [0.15, 0.2) is 22.7 Å². The van der Waals surface area contributed by atoms with Crippen molar-refractivity contribution in [2.75, 3.05) is 26.2 Å². The molecule has 0 spiro atoms. The number of nitrogens with zero attached hydrogens (tertiary/aromatic N) is 4. The smallest absolute Gasteiger partial charge is 0.410 e. The molecule has 0 aliphatic carbocycles.